The van der Waals surface area contributed by atoms with Crippen LogP contribution in [0.4, 0.5) is 0 Å². The first kappa shape index (κ1) is 12.4. The molecule has 0 spiro atoms. The van der Waals surface area contributed by atoms with Gasteiger partial charge in [-0.2, -0.15) is 0 Å². The molecular formula is C13H14Cl2. The molecule has 15 heavy (non-hydrogen) atoms. The van der Waals surface area contributed by atoms with Crippen LogP contribution in [0.1, 0.15) is 38.2 Å². The van der Waals surface area contributed by atoms with Crippen LogP contribution in [0.5, 0.6) is 0 Å². The van der Waals surface area contributed by atoms with Crippen LogP contribution in [0.25, 0.3) is 0 Å². The molecule has 2 heteroatoms. The molecule has 0 aromatic heterocycles. The molecule has 0 heterocycles. The summed E-state index contributed by atoms with van der Waals surface area (Å²) in [5.41, 5.74) is 1.08. The number of rotatable bonds is 2. The van der Waals surface area contributed by atoms with Crippen molar-refractivity contribution in [2.24, 2.45) is 0 Å². The number of halogens is 2. The van der Waals surface area contributed by atoms with Crippen molar-refractivity contribution in [3.05, 3.63) is 33.8 Å². The van der Waals surface area contributed by atoms with Gasteiger partial charge in [0, 0.05) is 22.9 Å². The molecule has 0 saturated carbocycles. The van der Waals surface area contributed by atoms with Crippen LogP contribution in [0, 0.1) is 11.8 Å². The molecule has 1 atom stereocenters. The third-order valence-corrected chi connectivity index (χ3v) is 2.78. The van der Waals surface area contributed by atoms with Crippen molar-refractivity contribution in [1.82, 2.24) is 0 Å². The Morgan fingerprint density at radius 1 is 1.27 bits per heavy atom. The summed E-state index contributed by atoms with van der Waals surface area (Å²) in [6, 6.07) is 5.56. The quantitative estimate of drug-likeness (QED) is 0.646. The summed E-state index contributed by atoms with van der Waals surface area (Å²) in [7, 11) is 0. The maximum atomic E-state index is 6.10. The molecule has 1 unspecified atom stereocenters. The zero-order chi connectivity index (χ0) is 11.3. The summed E-state index contributed by atoms with van der Waals surface area (Å²) >= 11 is 12.0. The molecule has 0 aliphatic rings. The van der Waals surface area contributed by atoms with E-state index < -0.39 is 0 Å². The van der Waals surface area contributed by atoms with Crippen molar-refractivity contribution in [1.29, 1.82) is 0 Å². The van der Waals surface area contributed by atoms with Gasteiger partial charge in [-0.05, 0) is 29.7 Å². The van der Waals surface area contributed by atoms with Crippen molar-refractivity contribution >= 4 is 23.2 Å². The summed E-state index contributed by atoms with van der Waals surface area (Å²) in [5.74, 6) is 6.51. The number of benzene rings is 1. The van der Waals surface area contributed by atoms with Gasteiger partial charge in [-0.1, -0.05) is 37.0 Å². The first-order valence-electron chi connectivity index (χ1n) is 5.05. The van der Waals surface area contributed by atoms with Crippen molar-refractivity contribution in [3.63, 3.8) is 0 Å². The fourth-order valence-electron chi connectivity index (χ4n) is 1.35. The predicted octanol–water partition coefficient (Wildman–Crippen LogP) is 4.90. The molecule has 0 amide bonds. The van der Waals surface area contributed by atoms with Crippen LogP contribution in [0.2, 0.25) is 10.0 Å². The van der Waals surface area contributed by atoms with Crippen molar-refractivity contribution in [2.45, 2.75) is 32.6 Å². The Morgan fingerprint density at radius 3 is 2.67 bits per heavy atom. The lowest BCUT2D eigenvalue weighted by Gasteiger charge is -2.10. The molecule has 0 aliphatic carbocycles. The Balaban J connectivity index is 2.81. The molecule has 0 fully saturated rings. The molecule has 1 rings (SSSR count). The zero-order valence-electron chi connectivity index (χ0n) is 8.98. The van der Waals surface area contributed by atoms with E-state index >= 15 is 0 Å². The molecular weight excluding hydrogens is 227 g/mol. The fourth-order valence-corrected chi connectivity index (χ4v) is 1.84. The van der Waals surface area contributed by atoms with Gasteiger partial charge in [0.15, 0.2) is 0 Å². The van der Waals surface area contributed by atoms with Gasteiger partial charge in [0.05, 0.1) is 0 Å². The van der Waals surface area contributed by atoms with Gasteiger partial charge >= 0.3 is 0 Å². The normalized spacial score (nSPS) is 11.7. The Morgan fingerprint density at radius 2 is 2.00 bits per heavy atom. The summed E-state index contributed by atoms with van der Waals surface area (Å²) in [4.78, 5) is 0. The summed E-state index contributed by atoms with van der Waals surface area (Å²) in [6.07, 6.45) is 1.73. The lowest BCUT2D eigenvalue weighted by atomic mass is 9.98. The summed E-state index contributed by atoms with van der Waals surface area (Å²) in [5, 5.41) is 1.50. The Kier molecular flexibility index (Phi) is 5.02. The van der Waals surface area contributed by atoms with Gasteiger partial charge in [0.2, 0.25) is 0 Å². The molecule has 0 aliphatic heterocycles. The molecule has 80 valence electrons. The van der Waals surface area contributed by atoms with Crippen molar-refractivity contribution < 1.29 is 0 Å². The Labute approximate surface area is 102 Å². The highest BCUT2D eigenvalue weighted by molar-refractivity contribution is 6.33. The van der Waals surface area contributed by atoms with Gasteiger partial charge in [-0.25, -0.2) is 0 Å². The third-order valence-electron chi connectivity index (χ3n) is 2.20. The van der Waals surface area contributed by atoms with Crippen LogP contribution in [-0.4, -0.2) is 0 Å². The van der Waals surface area contributed by atoms with E-state index in [1.807, 2.05) is 19.1 Å². The standard InChI is InChI=1S/C13H14Cl2/c1-3-4-5-6-10(2)12-9-11(14)7-8-13(12)15/h7-10H,3,6H2,1-2H3. The minimum atomic E-state index is 0.329. The van der Waals surface area contributed by atoms with Gasteiger partial charge in [-0.15, -0.1) is 11.8 Å². The molecule has 0 N–H and O–H groups in total. The second-order valence-corrected chi connectivity index (χ2v) is 4.32. The average molecular weight is 241 g/mol. The second-order valence-electron chi connectivity index (χ2n) is 3.48. The minimum absolute atomic E-state index is 0.329. The lowest BCUT2D eigenvalue weighted by Crippen LogP contribution is -1.93. The monoisotopic (exact) mass is 240 g/mol. The summed E-state index contributed by atoms with van der Waals surface area (Å²) in [6.45, 7) is 4.16. The highest BCUT2D eigenvalue weighted by Gasteiger charge is 2.08. The van der Waals surface area contributed by atoms with Crippen LogP contribution < -0.4 is 0 Å². The van der Waals surface area contributed by atoms with E-state index in [1.54, 1.807) is 6.07 Å². The second kappa shape index (κ2) is 6.05. The largest absolute Gasteiger partial charge is 0.104 e. The van der Waals surface area contributed by atoms with Crippen LogP contribution in [-0.2, 0) is 0 Å². The van der Waals surface area contributed by atoms with Crippen molar-refractivity contribution in [3.8, 4) is 11.8 Å². The van der Waals surface area contributed by atoms with Gasteiger partial charge in [0.25, 0.3) is 0 Å². The average Bonchev–Trinajstić information content (AvgIpc) is 2.22. The maximum Gasteiger partial charge on any atom is 0.0442 e. The zero-order valence-corrected chi connectivity index (χ0v) is 10.5. The van der Waals surface area contributed by atoms with E-state index in [1.165, 1.54) is 0 Å². The van der Waals surface area contributed by atoms with E-state index in [-0.39, 0.29) is 0 Å². The first-order chi connectivity index (χ1) is 7.15. The van der Waals surface area contributed by atoms with Gasteiger partial charge in [-0.3, -0.25) is 0 Å². The molecule has 0 bridgehead atoms. The highest BCUT2D eigenvalue weighted by Crippen LogP contribution is 2.29. The van der Waals surface area contributed by atoms with E-state index in [9.17, 15) is 0 Å². The third kappa shape index (κ3) is 3.78. The molecule has 0 nitrogen and oxygen atoms in total. The van der Waals surface area contributed by atoms with Crippen LogP contribution in [0.3, 0.4) is 0 Å². The predicted molar refractivity (Wildman–Crippen MR) is 67.6 cm³/mol. The number of hydrogen-bond donors (Lipinski definition) is 0. The summed E-state index contributed by atoms with van der Waals surface area (Å²) < 4.78 is 0. The molecule has 0 saturated heterocycles. The molecule has 1 aromatic rings. The van der Waals surface area contributed by atoms with Gasteiger partial charge < -0.3 is 0 Å². The van der Waals surface area contributed by atoms with E-state index in [0.29, 0.717) is 5.92 Å². The van der Waals surface area contributed by atoms with Crippen molar-refractivity contribution in [2.75, 3.05) is 0 Å². The topological polar surface area (TPSA) is 0 Å². The first-order valence-corrected chi connectivity index (χ1v) is 5.81. The number of hydrogen-bond acceptors (Lipinski definition) is 0. The lowest BCUT2D eigenvalue weighted by molar-refractivity contribution is 0.795. The van der Waals surface area contributed by atoms with E-state index in [2.05, 4.69) is 18.8 Å². The van der Waals surface area contributed by atoms with E-state index in [0.717, 1.165) is 28.5 Å². The van der Waals surface area contributed by atoms with Crippen LogP contribution >= 0.6 is 23.2 Å². The Bertz CT molecular complexity index is 385. The molecule has 0 radical (unpaired) electrons. The van der Waals surface area contributed by atoms with Crippen LogP contribution in [0.15, 0.2) is 18.2 Å². The maximum absolute atomic E-state index is 6.10. The van der Waals surface area contributed by atoms with Gasteiger partial charge in [0.1, 0.15) is 0 Å². The molecule has 1 aromatic carbocycles. The Hall–Kier alpha value is -0.640. The smallest absolute Gasteiger partial charge is 0.0442 e. The fraction of sp³-hybridized carbons (Fsp3) is 0.385. The minimum Gasteiger partial charge on any atom is -0.104 e. The highest BCUT2D eigenvalue weighted by atomic mass is 35.5. The van der Waals surface area contributed by atoms with E-state index in [4.69, 9.17) is 23.2 Å². The SMILES string of the molecule is CCC#CCC(C)c1cc(Cl)ccc1Cl.